The molecule has 0 amide bonds. The van der Waals surface area contributed by atoms with E-state index in [0.717, 1.165) is 24.4 Å². The van der Waals surface area contributed by atoms with Crippen LogP contribution in [0.5, 0.6) is 0 Å². The summed E-state index contributed by atoms with van der Waals surface area (Å²) in [5, 5.41) is 3.41. The molecule has 23 heavy (non-hydrogen) atoms. The molecule has 1 unspecified atom stereocenters. The minimum absolute atomic E-state index is 0.0244. The first-order valence-corrected chi connectivity index (χ1v) is 8.04. The lowest BCUT2D eigenvalue weighted by atomic mass is 10.2. The molecule has 0 saturated heterocycles. The Morgan fingerprint density at radius 2 is 2.26 bits per heavy atom. The van der Waals surface area contributed by atoms with Crippen molar-refractivity contribution in [1.29, 1.82) is 0 Å². The number of aromatic nitrogens is 4. The molecular weight excluding hydrogens is 294 g/mol. The van der Waals surface area contributed by atoms with Gasteiger partial charge >= 0.3 is 5.69 Å². The SMILES string of the molecule is CCCn1c2nc(-c3ccco3)nc-2c2n(c1=O)CC(CC)N2. The van der Waals surface area contributed by atoms with E-state index >= 15 is 0 Å². The molecule has 1 aromatic rings. The first kappa shape index (κ1) is 14.0. The van der Waals surface area contributed by atoms with Gasteiger partial charge in [-0.1, -0.05) is 13.8 Å². The molecule has 3 aliphatic heterocycles. The molecular formula is C16H19N5O2. The third kappa shape index (κ3) is 2.07. The van der Waals surface area contributed by atoms with Crippen LogP contribution in [0.4, 0.5) is 5.82 Å². The average Bonchev–Trinajstić information content (AvgIpc) is 3.28. The third-order valence-corrected chi connectivity index (χ3v) is 4.28. The van der Waals surface area contributed by atoms with Gasteiger partial charge in [0.15, 0.2) is 17.4 Å². The quantitative estimate of drug-likeness (QED) is 0.800. The van der Waals surface area contributed by atoms with E-state index in [-0.39, 0.29) is 11.7 Å². The van der Waals surface area contributed by atoms with Crippen LogP contribution in [0.3, 0.4) is 0 Å². The standard InChI is InChI=1S/C16H19N5O2/c1-3-7-20-15-12(18-13(19-15)11-6-5-8-23-11)14-17-10(4-2)9-21(14)16(20)22/h5-6,8,10,17H,3-4,7,9H2,1-2H3. The Labute approximate surface area is 133 Å². The van der Waals surface area contributed by atoms with Crippen LogP contribution < -0.4 is 11.0 Å². The fraction of sp³-hybridized carbons (Fsp3) is 0.438. The Morgan fingerprint density at radius 3 is 2.96 bits per heavy atom. The largest absolute Gasteiger partial charge is 0.461 e. The molecule has 7 heteroatoms. The highest BCUT2D eigenvalue weighted by molar-refractivity contribution is 5.73. The zero-order valence-electron chi connectivity index (χ0n) is 13.2. The van der Waals surface area contributed by atoms with Crippen molar-refractivity contribution in [2.24, 2.45) is 0 Å². The number of anilines is 1. The molecule has 0 bridgehead atoms. The lowest BCUT2D eigenvalue weighted by Crippen LogP contribution is -2.32. The van der Waals surface area contributed by atoms with Crippen LogP contribution in [-0.4, -0.2) is 25.1 Å². The van der Waals surface area contributed by atoms with Crippen LogP contribution in [0.2, 0.25) is 0 Å². The van der Waals surface area contributed by atoms with Crippen molar-refractivity contribution in [1.82, 2.24) is 19.1 Å². The van der Waals surface area contributed by atoms with Gasteiger partial charge in [-0.05, 0) is 25.0 Å². The topological polar surface area (TPSA) is 77.9 Å². The highest BCUT2D eigenvalue weighted by Crippen LogP contribution is 2.33. The zero-order chi connectivity index (χ0) is 16.0. The fourth-order valence-electron chi connectivity index (χ4n) is 3.09. The van der Waals surface area contributed by atoms with E-state index in [9.17, 15) is 4.79 Å². The molecule has 0 saturated carbocycles. The van der Waals surface area contributed by atoms with Gasteiger partial charge in [0, 0.05) is 19.1 Å². The molecule has 3 aliphatic rings. The summed E-state index contributed by atoms with van der Waals surface area (Å²) in [5.41, 5.74) is 0.712. The van der Waals surface area contributed by atoms with Crippen LogP contribution in [0.15, 0.2) is 27.6 Å². The molecule has 1 aromatic heterocycles. The van der Waals surface area contributed by atoms with Gasteiger partial charge in [0.2, 0.25) is 0 Å². The highest BCUT2D eigenvalue weighted by Gasteiger charge is 2.31. The van der Waals surface area contributed by atoms with Crippen molar-refractivity contribution in [2.75, 3.05) is 5.32 Å². The monoisotopic (exact) mass is 313 g/mol. The maximum Gasteiger partial charge on any atom is 0.331 e. The van der Waals surface area contributed by atoms with Crippen molar-refractivity contribution in [3.63, 3.8) is 0 Å². The summed E-state index contributed by atoms with van der Waals surface area (Å²) in [7, 11) is 0. The number of furan rings is 1. The second-order valence-corrected chi connectivity index (χ2v) is 5.84. The average molecular weight is 313 g/mol. The molecule has 4 heterocycles. The maximum absolute atomic E-state index is 12.8. The summed E-state index contributed by atoms with van der Waals surface area (Å²) in [4.78, 5) is 22.0. The molecule has 0 fully saturated rings. The van der Waals surface area contributed by atoms with Gasteiger partial charge in [-0.2, -0.15) is 0 Å². The number of fused-ring (bicyclic) bond motifs is 3. The van der Waals surface area contributed by atoms with Gasteiger partial charge in [-0.3, -0.25) is 9.13 Å². The third-order valence-electron chi connectivity index (χ3n) is 4.28. The maximum atomic E-state index is 12.8. The van der Waals surface area contributed by atoms with E-state index in [1.807, 2.05) is 13.0 Å². The predicted molar refractivity (Wildman–Crippen MR) is 86.6 cm³/mol. The van der Waals surface area contributed by atoms with Gasteiger partial charge in [0.1, 0.15) is 11.5 Å². The van der Waals surface area contributed by atoms with Crippen molar-refractivity contribution < 1.29 is 4.42 Å². The van der Waals surface area contributed by atoms with Crippen molar-refractivity contribution in [2.45, 2.75) is 45.8 Å². The first-order chi connectivity index (χ1) is 11.2. The smallest absolute Gasteiger partial charge is 0.331 e. The Kier molecular flexibility index (Phi) is 3.21. The summed E-state index contributed by atoms with van der Waals surface area (Å²) in [6, 6.07) is 3.89. The fourth-order valence-corrected chi connectivity index (χ4v) is 3.09. The normalized spacial score (nSPS) is 16.7. The van der Waals surface area contributed by atoms with E-state index in [2.05, 4.69) is 22.2 Å². The number of nitrogens with one attached hydrogen (secondary N) is 1. The first-order valence-electron chi connectivity index (χ1n) is 8.04. The second kappa shape index (κ2) is 5.26. The highest BCUT2D eigenvalue weighted by atomic mass is 16.3. The number of imidazole rings is 1. The summed E-state index contributed by atoms with van der Waals surface area (Å²) in [5.74, 6) is 2.53. The summed E-state index contributed by atoms with van der Waals surface area (Å²) in [6.45, 7) is 5.46. The molecule has 1 atom stereocenters. The van der Waals surface area contributed by atoms with E-state index in [1.54, 1.807) is 21.5 Å². The van der Waals surface area contributed by atoms with Gasteiger partial charge < -0.3 is 9.73 Å². The molecule has 0 aliphatic carbocycles. The summed E-state index contributed by atoms with van der Waals surface area (Å²) >= 11 is 0. The van der Waals surface area contributed by atoms with E-state index in [0.29, 0.717) is 30.5 Å². The van der Waals surface area contributed by atoms with Crippen molar-refractivity contribution >= 4 is 5.82 Å². The Morgan fingerprint density at radius 1 is 1.39 bits per heavy atom. The number of hydrogen-bond donors (Lipinski definition) is 1. The van der Waals surface area contributed by atoms with Crippen LogP contribution in [0.1, 0.15) is 26.7 Å². The molecule has 1 N–H and O–H groups in total. The molecule has 4 rings (SSSR count). The lowest BCUT2D eigenvalue weighted by Gasteiger charge is -2.13. The van der Waals surface area contributed by atoms with Crippen LogP contribution in [0, 0.1) is 0 Å². The van der Waals surface area contributed by atoms with Crippen molar-refractivity contribution in [3.8, 4) is 23.1 Å². The van der Waals surface area contributed by atoms with Gasteiger partial charge in [0.05, 0.1) is 6.26 Å². The molecule has 120 valence electrons. The van der Waals surface area contributed by atoms with Crippen LogP contribution in [0.25, 0.3) is 23.1 Å². The number of rotatable bonds is 4. The van der Waals surface area contributed by atoms with E-state index in [1.165, 1.54) is 0 Å². The Bertz CT molecular complexity index is 862. The molecule has 0 aromatic carbocycles. The van der Waals surface area contributed by atoms with Gasteiger partial charge in [-0.25, -0.2) is 14.8 Å². The molecule has 0 spiro atoms. The van der Waals surface area contributed by atoms with Crippen LogP contribution in [-0.2, 0) is 13.1 Å². The zero-order valence-corrected chi connectivity index (χ0v) is 13.2. The minimum Gasteiger partial charge on any atom is -0.461 e. The van der Waals surface area contributed by atoms with E-state index < -0.39 is 0 Å². The van der Waals surface area contributed by atoms with Crippen LogP contribution >= 0.6 is 0 Å². The van der Waals surface area contributed by atoms with Crippen molar-refractivity contribution in [3.05, 3.63) is 28.9 Å². The Balaban J connectivity index is 1.97. The summed E-state index contributed by atoms with van der Waals surface area (Å²) < 4.78 is 8.91. The molecule has 7 nitrogen and oxygen atoms in total. The summed E-state index contributed by atoms with van der Waals surface area (Å²) in [6.07, 6.45) is 3.41. The van der Waals surface area contributed by atoms with E-state index in [4.69, 9.17) is 4.42 Å². The predicted octanol–water partition coefficient (Wildman–Crippen LogP) is 2.42. The minimum atomic E-state index is -0.0244. The van der Waals surface area contributed by atoms with Gasteiger partial charge in [0.25, 0.3) is 0 Å². The number of hydrogen-bond acceptors (Lipinski definition) is 5. The molecule has 0 radical (unpaired) electrons. The van der Waals surface area contributed by atoms with Gasteiger partial charge in [-0.15, -0.1) is 0 Å². The Hall–Kier alpha value is -2.57. The lowest BCUT2D eigenvalue weighted by molar-refractivity contribution is 0.556. The number of nitrogens with zero attached hydrogens (tertiary/aromatic N) is 4. The second-order valence-electron chi connectivity index (χ2n) is 5.84.